The van der Waals surface area contributed by atoms with Crippen molar-refractivity contribution in [1.82, 2.24) is 24.9 Å². The van der Waals surface area contributed by atoms with Gasteiger partial charge in [0.1, 0.15) is 5.69 Å². The quantitative estimate of drug-likeness (QED) is 0.924. The van der Waals surface area contributed by atoms with Crippen LogP contribution in [0.4, 0.5) is 0 Å². The Hall–Kier alpha value is -1.82. The second kappa shape index (κ2) is 5.66. The average Bonchev–Trinajstić information content (AvgIpc) is 2.81. The van der Waals surface area contributed by atoms with E-state index in [0.29, 0.717) is 23.7 Å². The van der Waals surface area contributed by atoms with Gasteiger partial charge in [0.15, 0.2) is 0 Å². The maximum absolute atomic E-state index is 12.0. The van der Waals surface area contributed by atoms with Gasteiger partial charge in [0.2, 0.25) is 5.91 Å². The highest BCUT2D eigenvalue weighted by Gasteiger charge is 2.14. The number of carbonyl (C=O) groups excluding carboxylic acids is 1. The first kappa shape index (κ1) is 14.6. The third-order valence-corrected chi connectivity index (χ3v) is 3.62. The van der Waals surface area contributed by atoms with E-state index < -0.39 is 0 Å². The van der Waals surface area contributed by atoms with Gasteiger partial charge in [-0.25, -0.2) is 0 Å². The molecule has 2 aromatic heterocycles. The summed E-state index contributed by atoms with van der Waals surface area (Å²) in [6, 6.07) is 0. The molecular formula is C13H18ClN5O. The molecule has 1 amide bonds. The highest BCUT2D eigenvalue weighted by Crippen LogP contribution is 2.14. The largest absolute Gasteiger partial charge is 0.350 e. The lowest BCUT2D eigenvalue weighted by Crippen LogP contribution is -2.25. The van der Waals surface area contributed by atoms with Gasteiger partial charge in [0.25, 0.3) is 0 Å². The van der Waals surface area contributed by atoms with E-state index in [1.807, 2.05) is 20.9 Å². The fourth-order valence-corrected chi connectivity index (χ4v) is 2.35. The van der Waals surface area contributed by atoms with Gasteiger partial charge in [-0.2, -0.15) is 10.2 Å². The zero-order chi connectivity index (χ0) is 14.9. The van der Waals surface area contributed by atoms with Crippen LogP contribution in [-0.2, 0) is 31.9 Å². The van der Waals surface area contributed by atoms with E-state index in [4.69, 9.17) is 11.6 Å². The van der Waals surface area contributed by atoms with Crippen molar-refractivity contribution in [2.24, 2.45) is 14.1 Å². The molecule has 2 rings (SSSR count). The summed E-state index contributed by atoms with van der Waals surface area (Å²) >= 11 is 5.99. The highest BCUT2D eigenvalue weighted by atomic mass is 35.5. The molecule has 2 heterocycles. The molecule has 0 saturated carbocycles. The van der Waals surface area contributed by atoms with Crippen LogP contribution >= 0.6 is 11.6 Å². The van der Waals surface area contributed by atoms with Crippen LogP contribution in [0.25, 0.3) is 0 Å². The Bertz CT molecular complexity index is 643. The molecule has 0 atom stereocenters. The van der Waals surface area contributed by atoms with Crippen LogP contribution in [0.5, 0.6) is 0 Å². The summed E-state index contributed by atoms with van der Waals surface area (Å²) in [6.07, 6.45) is 2.02. The molecule has 108 valence electrons. The van der Waals surface area contributed by atoms with E-state index in [9.17, 15) is 4.79 Å². The third kappa shape index (κ3) is 3.01. The highest BCUT2D eigenvalue weighted by molar-refractivity contribution is 6.31. The molecule has 0 aliphatic heterocycles. The third-order valence-electron chi connectivity index (χ3n) is 3.30. The molecule has 0 aromatic carbocycles. The number of aryl methyl sites for hydroxylation is 3. The Morgan fingerprint density at radius 2 is 2.05 bits per heavy atom. The first-order chi connectivity index (χ1) is 9.38. The van der Waals surface area contributed by atoms with Crippen LogP contribution in [0.2, 0.25) is 5.02 Å². The zero-order valence-corrected chi connectivity index (χ0v) is 12.8. The molecule has 0 aliphatic rings. The lowest BCUT2D eigenvalue weighted by atomic mass is 10.1. The first-order valence-corrected chi connectivity index (χ1v) is 6.70. The standard InChI is InChI=1S/C13H18ClN5O/c1-8-10(9(2)19(4)16-8)5-13(20)15-6-12-11(14)7-18(3)17-12/h7H,5-6H2,1-4H3,(H,15,20). The molecular weight excluding hydrogens is 278 g/mol. The molecule has 0 unspecified atom stereocenters. The van der Waals surface area contributed by atoms with Crippen molar-refractivity contribution in [3.8, 4) is 0 Å². The number of aromatic nitrogens is 4. The summed E-state index contributed by atoms with van der Waals surface area (Å²) in [4.78, 5) is 12.0. The minimum Gasteiger partial charge on any atom is -0.350 e. The van der Waals surface area contributed by atoms with Crippen LogP contribution in [-0.4, -0.2) is 25.5 Å². The number of hydrogen-bond acceptors (Lipinski definition) is 3. The van der Waals surface area contributed by atoms with Crippen LogP contribution in [0.1, 0.15) is 22.6 Å². The van der Waals surface area contributed by atoms with Crippen LogP contribution in [0.3, 0.4) is 0 Å². The van der Waals surface area contributed by atoms with Crippen molar-refractivity contribution in [2.75, 3.05) is 0 Å². The maximum atomic E-state index is 12.0. The van der Waals surface area contributed by atoms with Crippen molar-refractivity contribution in [2.45, 2.75) is 26.8 Å². The second-order valence-electron chi connectivity index (χ2n) is 4.82. The number of halogens is 1. The number of hydrogen-bond donors (Lipinski definition) is 1. The Morgan fingerprint density at radius 1 is 1.35 bits per heavy atom. The van der Waals surface area contributed by atoms with Crippen molar-refractivity contribution < 1.29 is 4.79 Å². The van der Waals surface area contributed by atoms with Crippen molar-refractivity contribution in [3.05, 3.63) is 33.9 Å². The lowest BCUT2D eigenvalue weighted by molar-refractivity contribution is -0.120. The van der Waals surface area contributed by atoms with Crippen LogP contribution < -0.4 is 5.32 Å². The van der Waals surface area contributed by atoms with E-state index in [0.717, 1.165) is 17.0 Å². The topological polar surface area (TPSA) is 64.7 Å². The number of amides is 1. The Labute approximate surface area is 122 Å². The number of nitrogens with zero attached hydrogens (tertiary/aromatic N) is 4. The Balaban J connectivity index is 1.98. The average molecular weight is 296 g/mol. The van der Waals surface area contributed by atoms with Crippen molar-refractivity contribution in [1.29, 1.82) is 0 Å². The van der Waals surface area contributed by atoms with Gasteiger partial charge in [-0.15, -0.1) is 0 Å². The van der Waals surface area contributed by atoms with Gasteiger partial charge in [-0.3, -0.25) is 14.2 Å². The molecule has 0 aliphatic carbocycles. The van der Waals surface area contributed by atoms with E-state index in [1.54, 1.807) is 22.6 Å². The minimum atomic E-state index is -0.0640. The summed E-state index contributed by atoms with van der Waals surface area (Å²) in [5.74, 6) is -0.0640. The fourth-order valence-electron chi connectivity index (χ4n) is 2.10. The van der Waals surface area contributed by atoms with Gasteiger partial charge < -0.3 is 5.32 Å². The molecule has 6 nitrogen and oxygen atoms in total. The van der Waals surface area contributed by atoms with Gasteiger partial charge in [0, 0.05) is 31.5 Å². The Kier molecular flexibility index (Phi) is 4.13. The normalized spacial score (nSPS) is 10.8. The molecule has 0 fully saturated rings. The zero-order valence-electron chi connectivity index (χ0n) is 12.1. The first-order valence-electron chi connectivity index (χ1n) is 6.32. The predicted octanol–water partition coefficient (Wildman–Crippen LogP) is 1.28. The van der Waals surface area contributed by atoms with Crippen LogP contribution in [0.15, 0.2) is 6.20 Å². The van der Waals surface area contributed by atoms with Gasteiger partial charge in [0.05, 0.1) is 23.7 Å². The van der Waals surface area contributed by atoms with Crippen molar-refractivity contribution in [3.63, 3.8) is 0 Å². The summed E-state index contributed by atoms with van der Waals surface area (Å²) in [5, 5.41) is 11.9. The van der Waals surface area contributed by atoms with E-state index in [-0.39, 0.29) is 5.91 Å². The monoisotopic (exact) mass is 295 g/mol. The molecule has 2 aromatic rings. The summed E-state index contributed by atoms with van der Waals surface area (Å²) in [7, 11) is 3.66. The fraction of sp³-hybridized carbons (Fsp3) is 0.462. The number of carbonyl (C=O) groups is 1. The second-order valence-corrected chi connectivity index (χ2v) is 5.23. The summed E-state index contributed by atoms with van der Waals surface area (Å²) in [6.45, 7) is 4.19. The molecule has 0 bridgehead atoms. The van der Waals surface area contributed by atoms with E-state index in [1.165, 1.54) is 0 Å². The molecule has 0 saturated heterocycles. The SMILES string of the molecule is Cc1nn(C)c(C)c1CC(=O)NCc1nn(C)cc1Cl. The minimum absolute atomic E-state index is 0.0640. The number of nitrogens with one attached hydrogen (secondary N) is 1. The van der Waals surface area contributed by atoms with Gasteiger partial charge in [-0.1, -0.05) is 11.6 Å². The van der Waals surface area contributed by atoms with Crippen LogP contribution in [0, 0.1) is 13.8 Å². The van der Waals surface area contributed by atoms with Crippen molar-refractivity contribution >= 4 is 17.5 Å². The molecule has 20 heavy (non-hydrogen) atoms. The Morgan fingerprint density at radius 3 is 2.55 bits per heavy atom. The molecule has 7 heteroatoms. The summed E-state index contributed by atoms with van der Waals surface area (Å²) < 4.78 is 3.41. The van der Waals surface area contributed by atoms with Gasteiger partial charge in [-0.05, 0) is 13.8 Å². The summed E-state index contributed by atoms with van der Waals surface area (Å²) in [5.41, 5.74) is 3.53. The van der Waals surface area contributed by atoms with Gasteiger partial charge >= 0.3 is 0 Å². The lowest BCUT2D eigenvalue weighted by Gasteiger charge is -2.04. The maximum Gasteiger partial charge on any atom is 0.224 e. The smallest absolute Gasteiger partial charge is 0.224 e. The molecule has 0 spiro atoms. The predicted molar refractivity (Wildman–Crippen MR) is 76.5 cm³/mol. The van der Waals surface area contributed by atoms with E-state index in [2.05, 4.69) is 15.5 Å². The van der Waals surface area contributed by atoms with E-state index >= 15 is 0 Å². The molecule has 0 radical (unpaired) electrons. The molecule has 1 N–H and O–H groups in total. The number of rotatable bonds is 4.